The molecule has 0 bridgehead atoms. The second-order valence-electron chi connectivity index (χ2n) is 5.59. The first-order chi connectivity index (χ1) is 11.5. The van der Waals surface area contributed by atoms with Crippen LogP contribution in [0.2, 0.25) is 0 Å². The molecule has 1 amide bonds. The van der Waals surface area contributed by atoms with Gasteiger partial charge in [-0.1, -0.05) is 65.9 Å². The van der Waals surface area contributed by atoms with Crippen molar-refractivity contribution >= 4 is 52.3 Å². The Morgan fingerprint density at radius 1 is 1.04 bits per heavy atom. The van der Waals surface area contributed by atoms with Gasteiger partial charge in [0.1, 0.15) is 6.29 Å². The first-order valence-corrected chi connectivity index (χ1v) is 8.62. The number of hydrogen-bond donors (Lipinski definition) is 0. The molecule has 2 aromatic carbocycles. The van der Waals surface area contributed by atoms with Gasteiger partial charge in [-0.2, -0.15) is 0 Å². The lowest BCUT2D eigenvalue weighted by Gasteiger charge is -2.17. The predicted molar refractivity (Wildman–Crippen MR) is 103 cm³/mol. The summed E-state index contributed by atoms with van der Waals surface area (Å²) >= 11 is 6.70. The monoisotopic (exact) mass is 353 g/mol. The van der Waals surface area contributed by atoms with Gasteiger partial charge in [0.15, 0.2) is 4.32 Å². The highest BCUT2D eigenvalue weighted by Gasteiger charge is 2.33. The van der Waals surface area contributed by atoms with Gasteiger partial charge < -0.3 is 0 Å². The van der Waals surface area contributed by atoms with Gasteiger partial charge in [0.25, 0.3) is 5.91 Å². The Kier molecular flexibility index (Phi) is 4.64. The summed E-state index contributed by atoms with van der Waals surface area (Å²) in [5, 5.41) is 0. The Labute approximate surface area is 150 Å². The van der Waals surface area contributed by atoms with Gasteiger partial charge >= 0.3 is 0 Å². The highest BCUT2D eigenvalue weighted by atomic mass is 32.2. The molecule has 1 aliphatic heterocycles. The number of aldehydes is 1. The van der Waals surface area contributed by atoms with Crippen LogP contribution < -0.4 is 4.90 Å². The normalized spacial score (nSPS) is 16.1. The first kappa shape index (κ1) is 16.6. The third-order valence-electron chi connectivity index (χ3n) is 3.76. The summed E-state index contributed by atoms with van der Waals surface area (Å²) in [6.45, 7) is 3.99. The topological polar surface area (TPSA) is 37.4 Å². The van der Waals surface area contributed by atoms with Crippen molar-refractivity contribution in [1.82, 2.24) is 0 Å². The number of benzene rings is 2. The molecule has 120 valence electrons. The lowest BCUT2D eigenvalue weighted by atomic mass is 10.1. The summed E-state index contributed by atoms with van der Waals surface area (Å²) in [6, 6.07) is 13.0. The van der Waals surface area contributed by atoms with E-state index in [0.717, 1.165) is 28.7 Å². The van der Waals surface area contributed by atoms with Crippen LogP contribution >= 0.6 is 24.0 Å². The molecular formula is C19H15NO2S2. The number of carbonyl (C=O) groups is 2. The first-order valence-electron chi connectivity index (χ1n) is 7.40. The second kappa shape index (κ2) is 6.71. The molecule has 0 atom stereocenters. The molecule has 5 heteroatoms. The third kappa shape index (κ3) is 3.18. The van der Waals surface area contributed by atoms with Crippen LogP contribution in [0.25, 0.3) is 6.08 Å². The smallest absolute Gasteiger partial charge is 0.270 e. The molecule has 1 aliphatic rings. The van der Waals surface area contributed by atoms with E-state index < -0.39 is 0 Å². The Bertz CT molecular complexity index is 869. The molecular weight excluding hydrogens is 338 g/mol. The van der Waals surface area contributed by atoms with Crippen molar-refractivity contribution in [3.8, 4) is 0 Å². The number of amides is 1. The lowest BCUT2D eigenvalue weighted by Crippen LogP contribution is -2.28. The van der Waals surface area contributed by atoms with E-state index >= 15 is 0 Å². The quantitative estimate of drug-likeness (QED) is 0.462. The van der Waals surface area contributed by atoms with E-state index in [4.69, 9.17) is 12.2 Å². The molecule has 1 heterocycles. The lowest BCUT2D eigenvalue weighted by molar-refractivity contribution is -0.113. The van der Waals surface area contributed by atoms with Gasteiger partial charge in [0.2, 0.25) is 0 Å². The molecule has 0 spiro atoms. The van der Waals surface area contributed by atoms with Crippen molar-refractivity contribution in [2.75, 3.05) is 4.90 Å². The van der Waals surface area contributed by atoms with E-state index in [1.165, 1.54) is 11.8 Å². The Balaban J connectivity index is 1.93. The van der Waals surface area contributed by atoms with E-state index in [-0.39, 0.29) is 5.91 Å². The van der Waals surface area contributed by atoms with Crippen LogP contribution in [-0.4, -0.2) is 16.5 Å². The van der Waals surface area contributed by atoms with Crippen LogP contribution in [0.1, 0.15) is 27.0 Å². The molecule has 1 saturated heterocycles. The number of anilines is 1. The SMILES string of the molecule is Cc1ccc(N2C(=O)/C(=C/c3ccc(C=O)cc3)SC2=S)c(C)c1. The minimum absolute atomic E-state index is 0.114. The maximum absolute atomic E-state index is 12.8. The zero-order chi connectivity index (χ0) is 17.3. The summed E-state index contributed by atoms with van der Waals surface area (Å²) in [5.74, 6) is -0.114. The average molecular weight is 353 g/mol. The van der Waals surface area contributed by atoms with Crippen LogP contribution in [0.4, 0.5) is 5.69 Å². The number of nitrogens with zero attached hydrogens (tertiary/aromatic N) is 1. The molecule has 0 radical (unpaired) electrons. The molecule has 2 aromatic rings. The highest BCUT2D eigenvalue weighted by Crippen LogP contribution is 2.37. The summed E-state index contributed by atoms with van der Waals surface area (Å²) in [5.41, 5.74) is 4.45. The van der Waals surface area contributed by atoms with E-state index in [0.29, 0.717) is 14.8 Å². The molecule has 0 aromatic heterocycles. The van der Waals surface area contributed by atoms with Crippen LogP contribution in [0.5, 0.6) is 0 Å². The Morgan fingerprint density at radius 2 is 1.71 bits per heavy atom. The van der Waals surface area contributed by atoms with Gasteiger partial charge in [0.05, 0.1) is 10.6 Å². The fraction of sp³-hybridized carbons (Fsp3) is 0.105. The molecule has 0 aliphatic carbocycles. The summed E-state index contributed by atoms with van der Waals surface area (Å²) in [4.78, 5) is 25.7. The maximum Gasteiger partial charge on any atom is 0.270 e. The number of rotatable bonds is 3. The Morgan fingerprint density at radius 3 is 2.33 bits per heavy atom. The van der Waals surface area contributed by atoms with Crippen LogP contribution in [0.3, 0.4) is 0 Å². The number of thioether (sulfide) groups is 1. The van der Waals surface area contributed by atoms with Gasteiger partial charge in [-0.15, -0.1) is 0 Å². The minimum atomic E-state index is -0.114. The number of hydrogen-bond acceptors (Lipinski definition) is 4. The van der Waals surface area contributed by atoms with Gasteiger partial charge in [-0.25, -0.2) is 0 Å². The zero-order valence-electron chi connectivity index (χ0n) is 13.3. The van der Waals surface area contributed by atoms with Crippen molar-refractivity contribution in [3.63, 3.8) is 0 Å². The summed E-state index contributed by atoms with van der Waals surface area (Å²) in [6.07, 6.45) is 2.60. The fourth-order valence-electron chi connectivity index (χ4n) is 2.55. The molecule has 0 saturated carbocycles. The van der Waals surface area contributed by atoms with E-state index in [2.05, 4.69) is 0 Å². The number of aryl methyl sites for hydroxylation is 2. The average Bonchev–Trinajstić information content (AvgIpc) is 2.83. The van der Waals surface area contributed by atoms with Crippen molar-refractivity contribution in [2.24, 2.45) is 0 Å². The molecule has 0 unspecified atom stereocenters. The van der Waals surface area contributed by atoms with E-state index in [1.807, 2.05) is 44.2 Å². The molecule has 24 heavy (non-hydrogen) atoms. The predicted octanol–water partition coefficient (Wildman–Crippen LogP) is 4.52. The van der Waals surface area contributed by atoms with Crippen molar-refractivity contribution in [2.45, 2.75) is 13.8 Å². The van der Waals surface area contributed by atoms with Crippen LogP contribution in [-0.2, 0) is 4.79 Å². The Hall–Kier alpha value is -2.24. The minimum Gasteiger partial charge on any atom is -0.298 e. The number of thiocarbonyl (C=S) groups is 1. The van der Waals surface area contributed by atoms with Crippen molar-refractivity contribution in [3.05, 3.63) is 69.6 Å². The van der Waals surface area contributed by atoms with Crippen molar-refractivity contribution in [1.29, 1.82) is 0 Å². The summed E-state index contributed by atoms with van der Waals surface area (Å²) < 4.78 is 0.530. The maximum atomic E-state index is 12.8. The standard InChI is InChI=1S/C19H15NO2S2/c1-12-3-8-16(13(2)9-12)20-18(22)17(24-19(20)23)10-14-4-6-15(11-21)7-5-14/h3-11H,1-2H3/b17-10-. The number of carbonyl (C=O) groups excluding carboxylic acids is 2. The van der Waals surface area contributed by atoms with Crippen molar-refractivity contribution < 1.29 is 9.59 Å². The largest absolute Gasteiger partial charge is 0.298 e. The van der Waals surface area contributed by atoms with E-state index in [9.17, 15) is 9.59 Å². The van der Waals surface area contributed by atoms with Crippen LogP contribution in [0, 0.1) is 13.8 Å². The molecule has 0 N–H and O–H groups in total. The van der Waals surface area contributed by atoms with Gasteiger partial charge in [-0.05, 0) is 37.1 Å². The molecule has 3 nitrogen and oxygen atoms in total. The second-order valence-corrected chi connectivity index (χ2v) is 7.27. The zero-order valence-corrected chi connectivity index (χ0v) is 14.9. The fourth-order valence-corrected chi connectivity index (χ4v) is 3.84. The van der Waals surface area contributed by atoms with Crippen LogP contribution in [0.15, 0.2) is 47.4 Å². The van der Waals surface area contributed by atoms with Gasteiger partial charge in [0, 0.05) is 5.56 Å². The summed E-state index contributed by atoms with van der Waals surface area (Å²) in [7, 11) is 0. The molecule has 3 rings (SSSR count). The third-order valence-corrected chi connectivity index (χ3v) is 5.06. The molecule has 1 fully saturated rings. The highest BCUT2D eigenvalue weighted by molar-refractivity contribution is 8.27. The van der Waals surface area contributed by atoms with Gasteiger partial charge in [-0.3, -0.25) is 14.5 Å². The van der Waals surface area contributed by atoms with E-state index in [1.54, 1.807) is 23.1 Å².